The number of anilines is 2. The Balaban J connectivity index is 1.39. The van der Waals surface area contributed by atoms with Gasteiger partial charge >= 0.3 is 0 Å². The van der Waals surface area contributed by atoms with Crippen LogP contribution in [-0.2, 0) is 4.74 Å². The highest BCUT2D eigenvalue weighted by atomic mass is 35.5. The number of piperidine rings is 1. The smallest absolute Gasteiger partial charge is 0.0660 e. The summed E-state index contributed by atoms with van der Waals surface area (Å²) in [6.45, 7) is 7.45. The lowest BCUT2D eigenvalue weighted by Crippen LogP contribution is -2.37. The molecule has 1 aromatic carbocycles. The van der Waals surface area contributed by atoms with Gasteiger partial charge in [0.25, 0.3) is 0 Å². The molecule has 0 bridgehead atoms. The summed E-state index contributed by atoms with van der Waals surface area (Å²) in [5.74, 6) is 0.861. The van der Waals surface area contributed by atoms with Gasteiger partial charge in [0.1, 0.15) is 0 Å². The summed E-state index contributed by atoms with van der Waals surface area (Å²) >= 11 is 6.33. The molecule has 0 amide bonds. The van der Waals surface area contributed by atoms with Crippen molar-refractivity contribution in [2.75, 3.05) is 56.6 Å². The number of morpholine rings is 1. The summed E-state index contributed by atoms with van der Waals surface area (Å²) in [6, 6.07) is 5.84. The number of nitrogens with two attached hydrogens (primary N) is 1. The second-order valence-corrected chi connectivity index (χ2v) is 7.14. The van der Waals surface area contributed by atoms with Crippen LogP contribution >= 0.6 is 11.6 Å². The number of nitrogen functional groups attached to an aromatic ring is 1. The van der Waals surface area contributed by atoms with E-state index < -0.39 is 0 Å². The lowest BCUT2D eigenvalue weighted by atomic mass is 9.92. The van der Waals surface area contributed by atoms with Gasteiger partial charge in [-0.15, -0.1) is 0 Å². The normalized spacial score (nSPS) is 20.8. The number of halogens is 1. The Kier molecular flexibility index (Phi) is 6.03. The molecule has 0 unspecified atom stereocenters. The summed E-state index contributed by atoms with van der Waals surface area (Å²) in [5.41, 5.74) is 7.65. The van der Waals surface area contributed by atoms with Gasteiger partial charge in [-0.1, -0.05) is 11.6 Å². The second kappa shape index (κ2) is 8.22. The molecule has 2 aliphatic heterocycles. The average molecular weight is 338 g/mol. The SMILES string of the molecule is Nc1ccc(N2CCC(CCCN3CCOCC3)CC2)c(Cl)c1. The van der Waals surface area contributed by atoms with E-state index in [9.17, 15) is 0 Å². The molecule has 3 rings (SSSR count). The van der Waals surface area contributed by atoms with Crippen LogP contribution in [0.15, 0.2) is 18.2 Å². The zero-order chi connectivity index (χ0) is 16.1. The molecule has 0 aliphatic carbocycles. The Morgan fingerprint density at radius 2 is 1.87 bits per heavy atom. The quantitative estimate of drug-likeness (QED) is 0.837. The predicted molar refractivity (Wildman–Crippen MR) is 97.3 cm³/mol. The van der Waals surface area contributed by atoms with Crippen molar-refractivity contribution in [2.24, 2.45) is 5.92 Å². The fourth-order valence-electron chi connectivity index (χ4n) is 3.67. The molecule has 5 heteroatoms. The minimum absolute atomic E-state index is 0.733. The van der Waals surface area contributed by atoms with E-state index in [0.717, 1.165) is 61.7 Å². The average Bonchev–Trinajstić information content (AvgIpc) is 2.57. The molecule has 2 saturated heterocycles. The molecule has 128 valence electrons. The van der Waals surface area contributed by atoms with Gasteiger partial charge in [0, 0.05) is 31.9 Å². The molecule has 2 fully saturated rings. The summed E-state index contributed by atoms with van der Waals surface area (Å²) in [7, 11) is 0. The van der Waals surface area contributed by atoms with Crippen molar-refractivity contribution in [3.8, 4) is 0 Å². The third-order valence-corrected chi connectivity index (χ3v) is 5.42. The minimum atomic E-state index is 0.733. The van der Waals surface area contributed by atoms with Gasteiger partial charge < -0.3 is 15.4 Å². The fraction of sp³-hybridized carbons (Fsp3) is 0.667. The molecule has 23 heavy (non-hydrogen) atoms. The van der Waals surface area contributed by atoms with E-state index in [1.54, 1.807) is 0 Å². The second-order valence-electron chi connectivity index (χ2n) is 6.74. The van der Waals surface area contributed by atoms with Gasteiger partial charge in [0.15, 0.2) is 0 Å². The van der Waals surface area contributed by atoms with Crippen molar-refractivity contribution >= 4 is 23.0 Å². The topological polar surface area (TPSA) is 41.7 Å². The van der Waals surface area contributed by atoms with Gasteiger partial charge in [-0.2, -0.15) is 0 Å². The zero-order valence-corrected chi connectivity index (χ0v) is 14.6. The van der Waals surface area contributed by atoms with Gasteiger partial charge in [0.2, 0.25) is 0 Å². The van der Waals surface area contributed by atoms with Gasteiger partial charge in [0.05, 0.1) is 23.9 Å². The summed E-state index contributed by atoms with van der Waals surface area (Å²) in [5, 5.41) is 0.774. The van der Waals surface area contributed by atoms with Crippen LogP contribution in [0, 0.1) is 5.92 Å². The monoisotopic (exact) mass is 337 g/mol. The zero-order valence-electron chi connectivity index (χ0n) is 13.8. The standard InChI is InChI=1S/C18H28ClN3O/c19-17-14-16(20)3-4-18(17)22-8-5-15(6-9-22)2-1-7-21-10-12-23-13-11-21/h3-4,14-15H,1-2,5-13,20H2. The Labute approximate surface area is 144 Å². The first-order valence-electron chi connectivity index (χ1n) is 8.82. The van der Waals surface area contributed by atoms with Crippen molar-refractivity contribution in [1.82, 2.24) is 4.90 Å². The molecular weight excluding hydrogens is 310 g/mol. The fourth-order valence-corrected chi connectivity index (χ4v) is 3.98. The number of ether oxygens (including phenoxy) is 1. The van der Waals surface area contributed by atoms with E-state index in [1.165, 1.54) is 32.2 Å². The number of hydrogen-bond donors (Lipinski definition) is 1. The third-order valence-electron chi connectivity index (χ3n) is 5.12. The molecule has 0 radical (unpaired) electrons. The van der Waals surface area contributed by atoms with Crippen LogP contribution in [0.1, 0.15) is 25.7 Å². The first-order valence-corrected chi connectivity index (χ1v) is 9.20. The van der Waals surface area contributed by atoms with Crippen LogP contribution in [-0.4, -0.2) is 50.8 Å². The maximum atomic E-state index is 6.33. The molecule has 0 aromatic heterocycles. The number of nitrogens with zero attached hydrogens (tertiary/aromatic N) is 2. The van der Waals surface area contributed by atoms with Gasteiger partial charge in [-0.25, -0.2) is 0 Å². The van der Waals surface area contributed by atoms with Crippen molar-refractivity contribution in [3.05, 3.63) is 23.2 Å². The highest BCUT2D eigenvalue weighted by Crippen LogP contribution is 2.32. The third kappa shape index (κ3) is 4.75. The van der Waals surface area contributed by atoms with Crippen LogP contribution in [0.25, 0.3) is 0 Å². The number of hydrogen-bond acceptors (Lipinski definition) is 4. The highest BCUT2D eigenvalue weighted by Gasteiger charge is 2.21. The Bertz CT molecular complexity index is 497. The van der Waals surface area contributed by atoms with Crippen LogP contribution in [0.2, 0.25) is 5.02 Å². The van der Waals surface area contributed by atoms with Crippen LogP contribution in [0.3, 0.4) is 0 Å². The molecule has 4 nitrogen and oxygen atoms in total. The maximum Gasteiger partial charge on any atom is 0.0660 e. The molecule has 0 spiro atoms. The lowest BCUT2D eigenvalue weighted by molar-refractivity contribution is 0.0365. The Morgan fingerprint density at radius 1 is 1.13 bits per heavy atom. The van der Waals surface area contributed by atoms with Crippen LogP contribution < -0.4 is 10.6 Å². The van der Waals surface area contributed by atoms with E-state index in [1.807, 2.05) is 12.1 Å². The highest BCUT2D eigenvalue weighted by molar-refractivity contribution is 6.33. The molecule has 2 heterocycles. The molecule has 1 aromatic rings. The van der Waals surface area contributed by atoms with E-state index in [0.29, 0.717) is 0 Å². The van der Waals surface area contributed by atoms with Gasteiger partial charge in [-0.3, -0.25) is 4.90 Å². The molecule has 2 N–H and O–H groups in total. The van der Waals surface area contributed by atoms with E-state index in [2.05, 4.69) is 15.9 Å². The van der Waals surface area contributed by atoms with Crippen molar-refractivity contribution in [2.45, 2.75) is 25.7 Å². The van der Waals surface area contributed by atoms with Crippen molar-refractivity contribution in [1.29, 1.82) is 0 Å². The number of rotatable bonds is 5. The summed E-state index contributed by atoms with van der Waals surface area (Å²) in [6.07, 6.45) is 5.20. The molecule has 2 aliphatic rings. The molecule has 0 atom stereocenters. The predicted octanol–water partition coefficient (Wildman–Crippen LogP) is 3.25. The maximum absolute atomic E-state index is 6.33. The molecular formula is C18H28ClN3O. The van der Waals surface area contributed by atoms with Crippen molar-refractivity contribution < 1.29 is 4.74 Å². The summed E-state index contributed by atoms with van der Waals surface area (Å²) < 4.78 is 5.40. The van der Waals surface area contributed by atoms with Crippen molar-refractivity contribution in [3.63, 3.8) is 0 Å². The van der Waals surface area contributed by atoms with Gasteiger partial charge in [-0.05, 0) is 56.3 Å². The Morgan fingerprint density at radius 3 is 2.57 bits per heavy atom. The minimum Gasteiger partial charge on any atom is -0.399 e. The van der Waals surface area contributed by atoms with E-state index in [4.69, 9.17) is 22.1 Å². The van der Waals surface area contributed by atoms with E-state index >= 15 is 0 Å². The van der Waals surface area contributed by atoms with Crippen LogP contribution in [0.4, 0.5) is 11.4 Å². The molecule has 0 saturated carbocycles. The lowest BCUT2D eigenvalue weighted by Gasteiger charge is -2.34. The number of benzene rings is 1. The first kappa shape index (κ1) is 16.9. The van der Waals surface area contributed by atoms with Crippen LogP contribution in [0.5, 0.6) is 0 Å². The Hall–Kier alpha value is -0.970. The van der Waals surface area contributed by atoms with E-state index in [-0.39, 0.29) is 0 Å². The largest absolute Gasteiger partial charge is 0.399 e. The first-order chi connectivity index (χ1) is 11.2. The summed E-state index contributed by atoms with van der Waals surface area (Å²) in [4.78, 5) is 4.94.